The molecule has 5 heteroatoms. The Bertz CT molecular complexity index is 1870. The fraction of sp³-hybridized carbons (Fsp3) is 0.547. The van der Waals surface area contributed by atoms with Crippen LogP contribution in [-0.2, 0) is 19.1 Å². The Labute approximate surface area is 492 Å². The number of hydrogen-bond donors (Lipinski definition) is 1. The Hall–Kier alpha value is -5.26. The minimum Gasteiger partial charge on any atom is -0.462 e. The van der Waals surface area contributed by atoms with Crippen LogP contribution in [0.1, 0.15) is 245 Å². The number of carbonyl (C=O) groups excluding carboxylic acids is 2. The average Bonchev–Trinajstić information content (AvgIpc) is 3.46. The Morgan fingerprint density at radius 3 is 0.762 bits per heavy atom. The number of esters is 2. The summed E-state index contributed by atoms with van der Waals surface area (Å²) < 4.78 is 10.7. The zero-order chi connectivity index (χ0) is 57.6. The van der Waals surface area contributed by atoms with Crippen molar-refractivity contribution in [1.82, 2.24) is 0 Å². The van der Waals surface area contributed by atoms with Crippen molar-refractivity contribution in [2.75, 3.05) is 13.2 Å². The molecule has 0 spiro atoms. The maximum absolute atomic E-state index is 12.3. The summed E-state index contributed by atoms with van der Waals surface area (Å²) in [6, 6.07) is 0. The van der Waals surface area contributed by atoms with Crippen LogP contribution in [0.4, 0.5) is 0 Å². The molecule has 0 bridgehead atoms. The van der Waals surface area contributed by atoms with E-state index in [9.17, 15) is 14.7 Å². The van der Waals surface area contributed by atoms with Crippen LogP contribution in [0.25, 0.3) is 0 Å². The zero-order valence-electron chi connectivity index (χ0n) is 51.0. The Morgan fingerprint density at radius 1 is 0.287 bits per heavy atom. The molecule has 0 fully saturated rings. The van der Waals surface area contributed by atoms with Crippen LogP contribution >= 0.6 is 0 Å². The van der Waals surface area contributed by atoms with E-state index in [1.165, 1.54) is 70.6 Å². The van der Waals surface area contributed by atoms with Crippen LogP contribution in [0.5, 0.6) is 0 Å². The summed E-state index contributed by atoms with van der Waals surface area (Å²) in [6.45, 7) is 3.88. The van der Waals surface area contributed by atoms with Crippen LogP contribution < -0.4 is 0 Å². The van der Waals surface area contributed by atoms with E-state index >= 15 is 0 Å². The van der Waals surface area contributed by atoms with Crippen molar-refractivity contribution in [2.24, 2.45) is 0 Å². The SMILES string of the molecule is CC/C=C\C/C=C\C/C=C\C/C=C\C/C=C\C/C=C\C/C=C\C/C=C\C/C=C\C/C=C\C/C=C\CCCCCC(=O)OC(CO)COC(=O)CCCCCCCCCCCCCCC/C=C\C/C=C\C/C=C\C/C=C\C/C=C\CC. The van der Waals surface area contributed by atoms with Crippen molar-refractivity contribution in [3.05, 3.63) is 194 Å². The Kier molecular flexibility index (Phi) is 63.5. The quantitative estimate of drug-likeness (QED) is 0.0373. The van der Waals surface area contributed by atoms with Gasteiger partial charge in [0.05, 0.1) is 6.61 Å². The topological polar surface area (TPSA) is 72.8 Å². The second kappa shape index (κ2) is 68.0. The standard InChI is InChI=1S/C75H116O5/c1-3-5-7-9-11-13-15-17-19-21-23-25-27-29-31-33-34-35-36-37-38-39-40-42-44-46-48-50-52-54-56-58-60-62-64-66-68-70-75(78)80-73(71-76)72-79-74(77)69-67-65-63-61-59-57-55-53-51-49-47-45-43-41-32-30-28-26-24-22-20-18-16-14-12-10-8-6-4-2/h5-8,11-14,17-20,23-26,29-32,34-35,37-38,40,42,46,48,52,54,58,60,73,76H,3-4,9-10,15-16,21-22,27-28,33,36,39,41,43-45,47,49-51,53,55-57,59,61-72H2,1-2H3/b7-5-,8-6-,13-11-,14-12-,19-17-,20-18-,25-23-,26-24-,31-29-,32-30-,35-34-,38-37-,42-40-,48-46-,54-52-,60-58-. The summed E-state index contributed by atoms with van der Waals surface area (Å²) in [4.78, 5) is 24.6. The van der Waals surface area contributed by atoms with Crippen molar-refractivity contribution in [2.45, 2.75) is 251 Å². The van der Waals surface area contributed by atoms with Crippen LogP contribution in [0, 0.1) is 0 Å². The van der Waals surface area contributed by atoms with Gasteiger partial charge >= 0.3 is 11.9 Å². The molecule has 0 heterocycles. The smallest absolute Gasteiger partial charge is 0.306 e. The maximum Gasteiger partial charge on any atom is 0.306 e. The molecular formula is C75H116O5. The van der Waals surface area contributed by atoms with E-state index in [0.717, 1.165) is 148 Å². The predicted octanol–water partition coefficient (Wildman–Crippen LogP) is 22.4. The van der Waals surface area contributed by atoms with Crippen LogP contribution in [0.15, 0.2) is 194 Å². The monoisotopic (exact) mass is 1100 g/mol. The lowest BCUT2D eigenvalue weighted by molar-refractivity contribution is -0.161. The molecule has 1 N–H and O–H groups in total. The molecule has 0 aromatic heterocycles. The van der Waals surface area contributed by atoms with Gasteiger partial charge in [-0.25, -0.2) is 0 Å². The van der Waals surface area contributed by atoms with E-state index in [1.54, 1.807) is 0 Å². The molecule has 0 aliphatic carbocycles. The third-order valence-corrected chi connectivity index (χ3v) is 12.9. The number of allylic oxidation sites excluding steroid dienone is 32. The molecule has 0 aliphatic rings. The van der Waals surface area contributed by atoms with Crippen LogP contribution in [-0.4, -0.2) is 36.4 Å². The molecule has 0 aromatic carbocycles. The third-order valence-electron chi connectivity index (χ3n) is 12.9. The van der Waals surface area contributed by atoms with Gasteiger partial charge in [-0.05, 0) is 141 Å². The maximum atomic E-state index is 12.3. The van der Waals surface area contributed by atoms with Gasteiger partial charge in [0.25, 0.3) is 0 Å². The Balaban J connectivity index is 3.65. The number of hydrogen-bond acceptors (Lipinski definition) is 5. The van der Waals surface area contributed by atoms with Gasteiger partial charge in [0.15, 0.2) is 6.10 Å². The first-order chi connectivity index (χ1) is 39.6. The van der Waals surface area contributed by atoms with Gasteiger partial charge in [0.2, 0.25) is 0 Å². The second-order valence-electron chi connectivity index (χ2n) is 20.4. The lowest BCUT2D eigenvalue weighted by Gasteiger charge is -2.15. The molecule has 0 aromatic rings. The number of carbonyl (C=O) groups is 2. The summed E-state index contributed by atoms with van der Waals surface area (Å²) in [5.74, 6) is -0.642. The molecule has 1 atom stereocenters. The molecule has 1 unspecified atom stereocenters. The molecule has 0 amide bonds. The summed E-state index contributed by atoms with van der Waals surface area (Å²) in [5, 5.41) is 9.68. The first kappa shape index (κ1) is 74.7. The highest BCUT2D eigenvalue weighted by molar-refractivity contribution is 5.70. The molecule has 0 saturated carbocycles. The van der Waals surface area contributed by atoms with E-state index in [0.29, 0.717) is 12.8 Å². The summed E-state index contributed by atoms with van der Waals surface area (Å²) in [7, 11) is 0. The lowest BCUT2D eigenvalue weighted by Crippen LogP contribution is -2.28. The molecule has 0 aliphatic heterocycles. The van der Waals surface area contributed by atoms with Crippen molar-refractivity contribution in [3.63, 3.8) is 0 Å². The molecule has 80 heavy (non-hydrogen) atoms. The largest absolute Gasteiger partial charge is 0.462 e. The minimum atomic E-state index is -0.807. The molecule has 446 valence electrons. The summed E-state index contributed by atoms with van der Waals surface area (Å²) >= 11 is 0. The van der Waals surface area contributed by atoms with Gasteiger partial charge in [-0.1, -0.05) is 285 Å². The highest BCUT2D eigenvalue weighted by Gasteiger charge is 2.16. The van der Waals surface area contributed by atoms with Gasteiger partial charge in [-0.3, -0.25) is 9.59 Å². The fourth-order valence-electron chi connectivity index (χ4n) is 8.17. The molecule has 5 nitrogen and oxygen atoms in total. The fourth-order valence-corrected chi connectivity index (χ4v) is 8.17. The lowest BCUT2D eigenvalue weighted by atomic mass is 10.0. The molecule has 0 rings (SSSR count). The van der Waals surface area contributed by atoms with E-state index < -0.39 is 6.10 Å². The highest BCUT2D eigenvalue weighted by Crippen LogP contribution is 2.15. The molecule has 0 saturated heterocycles. The van der Waals surface area contributed by atoms with Gasteiger partial charge in [-0.15, -0.1) is 0 Å². The predicted molar refractivity (Wildman–Crippen MR) is 352 cm³/mol. The average molecular weight is 1100 g/mol. The first-order valence-corrected chi connectivity index (χ1v) is 32.0. The Morgan fingerprint density at radius 2 is 0.500 bits per heavy atom. The normalized spacial score (nSPS) is 13.6. The van der Waals surface area contributed by atoms with E-state index in [-0.39, 0.29) is 25.2 Å². The van der Waals surface area contributed by atoms with E-state index in [1.807, 2.05) is 0 Å². The van der Waals surface area contributed by atoms with Crippen molar-refractivity contribution < 1.29 is 24.2 Å². The number of aliphatic hydroxyl groups excluding tert-OH is 1. The second-order valence-corrected chi connectivity index (χ2v) is 20.4. The number of unbranched alkanes of at least 4 members (excludes halogenated alkanes) is 16. The van der Waals surface area contributed by atoms with Gasteiger partial charge in [0.1, 0.15) is 6.61 Å². The third kappa shape index (κ3) is 65.3. The zero-order valence-corrected chi connectivity index (χ0v) is 51.0. The van der Waals surface area contributed by atoms with Crippen LogP contribution in [0.2, 0.25) is 0 Å². The first-order valence-electron chi connectivity index (χ1n) is 32.0. The van der Waals surface area contributed by atoms with Gasteiger partial charge in [0, 0.05) is 12.8 Å². The number of rotatable bonds is 56. The number of aliphatic hydroxyl groups is 1. The van der Waals surface area contributed by atoms with Crippen LogP contribution in [0.3, 0.4) is 0 Å². The van der Waals surface area contributed by atoms with E-state index in [4.69, 9.17) is 9.47 Å². The number of ether oxygens (including phenoxy) is 2. The highest BCUT2D eigenvalue weighted by atomic mass is 16.6. The van der Waals surface area contributed by atoms with Gasteiger partial charge in [-0.2, -0.15) is 0 Å². The summed E-state index contributed by atoms with van der Waals surface area (Å²) in [6.07, 6.45) is 108. The molecular weight excluding hydrogens is 981 g/mol. The minimum absolute atomic E-state index is 0.0925. The van der Waals surface area contributed by atoms with Crippen molar-refractivity contribution in [3.8, 4) is 0 Å². The van der Waals surface area contributed by atoms with Gasteiger partial charge < -0.3 is 14.6 Å². The van der Waals surface area contributed by atoms with Crippen molar-refractivity contribution in [1.29, 1.82) is 0 Å². The van der Waals surface area contributed by atoms with E-state index in [2.05, 4.69) is 208 Å². The molecule has 0 radical (unpaired) electrons. The summed E-state index contributed by atoms with van der Waals surface area (Å²) in [5.41, 5.74) is 0. The van der Waals surface area contributed by atoms with Crippen molar-refractivity contribution >= 4 is 11.9 Å².